The van der Waals surface area contributed by atoms with Crippen LogP contribution in [0.15, 0.2) is 29.2 Å². The molecule has 5 nitrogen and oxygen atoms in total. The van der Waals surface area contributed by atoms with Crippen molar-refractivity contribution < 1.29 is 14.6 Å². The van der Waals surface area contributed by atoms with Crippen LogP contribution in [0.3, 0.4) is 0 Å². The number of hydrogen-bond acceptors (Lipinski definition) is 5. The molecule has 0 aromatic heterocycles. The number of anilines is 1. The summed E-state index contributed by atoms with van der Waals surface area (Å²) >= 11 is 0. The number of esters is 1. The summed E-state index contributed by atoms with van der Waals surface area (Å²) in [6.07, 6.45) is 0.280. The molecule has 0 aliphatic carbocycles. The van der Waals surface area contributed by atoms with Crippen LogP contribution in [-0.4, -0.2) is 30.9 Å². The van der Waals surface area contributed by atoms with Crippen molar-refractivity contribution in [2.24, 2.45) is 4.90 Å². The standard InChI is InChI=1S/C11H15BN2O3/c1-12(16)14-10(11(15)17-2)7-8-4-3-5-9(13)6-8/h3-6,16H,7,13H2,1-2H3. The average Bonchev–Trinajstić information content (AvgIpc) is 2.26. The maximum Gasteiger partial charge on any atom is 0.428 e. The molecule has 1 rings (SSSR count). The van der Waals surface area contributed by atoms with Gasteiger partial charge < -0.3 is 20.4 Å². The fourth-order valence-electron chi connectivity index (χ4n) is 1.41. The summed E-state index contributed by atoms with van der Waals surface area (Å²) in [5.41, 5.74) is 7.27. The number of carbonyl (C=O) groups excluding carboxylic acids is 1. The maximum absolute atomic E-state index is 11.4. The number of nitrogens with zero attached hydrogens (tertiary/aromatic N) is 1. The molecule has 0 saturated carbocycles. The highest BCUT2D eigenvalue weighted by Gasteiger charge is 2.14. The predicted molar refractivity (Wildman–Crippen MR) is 67.8 cm³/mol. The molecule has 0 radical (unpaired) electrons. The fraction of sp³-hybridized carbons (Fsp3) is 0.273. The van der Waals surface area contributed by atoms with Gasteiger partial charge in [0, 0.05) is 12.1 Å². The van der Waals surface area contributed by atoms with Crippen molar-refractivity contribution in [3.63, 3.8) is 0 Å². The number of nitrogens with two attached hydrogens (primary N) is 1. The minimum absolute atomic E-state index is 0.174. The number of ether oxygens (including phenoxy) is 1. The molecule has 0 atom stereocenters. The van der Waals surface area contributed by atoms with Gasteiger partial charge in [0.1, 0.15) is 5.71 Å². The van der Waals surface area contributed by atoms with E-state index in [9.17, 15) is 9.82 Å². The van der Waals surface area contributed by atoms with Crippen molar-refractivity contribution in [3.8, 4) is 0 Å². The summed E-state index contributed by atoms with van der Waals surface area (Å²) in [4.78, 5) is 15.3. The molecule has 90 valence electrons. The van der Waals surface area contributed by atoms with E-state index in [1.807, 2.05) is 6.07 Å². The molecule has 0 heterocycles. The van der Waals surface area contributed by atoms with Crippen LogP contribution < -0.4 is 5.73 Å². The number of hydrogen-bond donors (Lipinski definition) is 2. The van der Waals surface area contributed by atoms with Gasteiger partial charge in [0.15, 0.2) is 0 Å². The Bertz CT molecular complexity index is 432. The van der Waals surface area contributed by atoms with Gasteiger partial charge in [0.2, 0.25) is 0 Å². The van der Waals surface area contributed by atoms with Crippen LogP contribution in [0.25, 0.3) is 0 Å². The first-order chi connectivity index (χ1) is 8.02. The van der Waals surface area contributed by atoms with Gasteiger partial charge >= 0.3 is 13.0 Å². The van der Waals surface area contributed by atoms with Gasteiger partial charge in [-0.25, -0.2) is 4.79 Å². The van der Waals surface area contributed by atoms with Crippen molar-refractivity contribution in [1.29, 1.82) is 0 Å². The maximum atomic E-state index is 11.4. The first-order valence-corrected chi connectivity index (χ1v) is 5.20. The summed E-state index contributed by atoms with van der Waals surface area (Å²) in [6, 6.07) is 7.13. The van der Waals surface area contributed by atoms with Crippen molar-refractivity contribution in [3.05, 3.63) is 29.8 Å². The second-order valence-electron chi connectivity index (χ2n) is 3.62. The highest BCUT2D eigenvalue weighted by Crippen LogP contribution is 2.08. The van der Waals surface area contributed by atoms with Crippen molar-refractivity contribution in [2.45, 2.75) is 13.2 Å². The Morgan fingerprint density at radius 1 is 1.59 bits per heavy atom. The molecular formula is C11H15BN2O3. The molecule has 0 unspecified atom stereocenters. The average molecular weight is 234 g/mol. The van der Waals surface area contributed by atoms with Gasteiger partial charge in [-0.1, -0.05) is 12.1 Å². The highest BCUT2D eigenvalue weighted by atomic mass is 16.5. The topological polar surface area (TPSA) is 84.9 Å². The zero-order chi connectivity index (χ0) is 12.8. The number of nitrogen functional groups attached to an aromatic ring is 1. The van der Waals surface area contributed by atoms with Crippen LogP contribution in [0.2, 0.25) is 6.82 Å². The Morgan fingerprint density at radius 3 is 2.82 bits per heavy atom. The van der Waals surface area contributed by atoms with E-state index in [1.165, 1.54) is 13.9 Å². The van der Waals surface area contributed by atoms with Crippen LogP contribution in [0.4, 0.5) is 5.69 Å². The Kier molecular flexibility index (Phi) is 4.72. The molecule has 0 amide bonds. The molecule has 6 heteroatoms. The zero-order valence-corrected chi connectivity index (χ0v) is 9.88. The lowest BCUT2D eigenvalue weighted by molar-refractivity contribution is -0.132. The van der Waals surface area contributed by atoms with Crippen LogP contribution >= 0.6 is 0 Å². The van der Waals surface area contributed by atoms with Gasteiger partial charge in [-0.05, 0) is 24.5 Å². The molecule has 0 saturated heterocycles. The van der Waals surface area contributed by atoms with E-state index in [0.717, 1.165) is 5.56 Å². The van der Waals surface area contributed by atoms with E-state index in [4.69, 9.17) is 5.73 Å². The molecule has 0 aliphatic heterocycles. The van der Waals surface area contributed by atoms with Gasteiger partial charge in [0.05, 0.1) is 7.11 Å². The summed E-state index contributed by atoms with van der Waals surface area (Å²) in [7, 11) is 0.337. The monoisotopic (exact) mass is 234 g/mol. The first kappa shape index (κ1) is 13.3. The molecule has 3 N–H and O–H groups in total. The third-order valence-electron chi connectivity index (χ3n) is 2.09. The van der Waals surface area contributed by atoms with Gasteiger partial charge in [-0.15, -0.1) is 0 Å². The number of rotatable bonds is 4. The Balaban J connectivity index is 2.91. The van der Waals surface area contributed by atoms with Crippen LogP contribution in [0.1, 0.15) is 5.56 Å². The first-order valence-electron chi connectivity index (χ1n) is 5.20. The summed E-state index contributed by atoms with van der Waals surface area (Å²) in [6.45, 7) is 1.47. The van der Waals surface area contributed by atoms with E-state index in [0.29, 0.717) is 5.69 Å². The normalized spacial score (nSPS) is 11.1. The smallest absolute Gasteiger partial charge is 0.428 e. The number of benzene rings is 1. The van der Waals surface area contributed by atoms with Crippen molar-refractivity contribution in [1.82, 2.24) is 0 Å². The summed E-state index contributed by atoms with van der Waals surface area (Å²) in [5.74, 6) is -0.548. The zero-order valence-electron chi connectivity index (χ0n) is 9.88. The second-order valence-corrected chi connectivity index (χ2v) is 3.62. The second kappa shape index (κ2) is 6.05. The summed E-state index contributed by atoms with van der Waals surface area (Å²) in [5, 5.41) is 9.18. The number of carbonyl (C=O) groups is 1. The molecule has 17 heavy (non-hydrogen) atoms. The van der Waals surface area contributed by atoms with Crippen LogP contribution in [-0.2, 0) is 16.0 Å². The molecule has 0 aliphatic rings. The van der Waals surface area contributed by atoms with Crippen LogP contribution in [0, 0.1) is 0 Å². The highest BCUT2D eigenvalue weighted by molar-refractivity contribution is 6.53. The Hall–Kier alpha value is -1.82. The van der Waals surface area contributed by atoms with Crippen molar-refractivity contribution in [2.75, 3.05) is 12.8 Å². The fourth-order valence-corrected chi connectivity index (χ4v) is 1.41. The lowest BCUT2D eigenvalue weighted by atomic mass is 9.89. The van der Waals surface area contributed by atoms with Crippen LogP contribution in [0.5, 0.6) is 0 Å². The summed E-state index contributed by atoms with van der Waals surface area (Å²) < 4.78 is 4.60. The number of methoxy groups -OCH3 is 1. The lowest BCUT2D eigenvalue weighted by Crippen LogP contribution is -2.22. The Morgan fingerprint density at radius 2 is 2.29 bits per heavy atom. The van der Waals surface area contributed by atoms with E-state index in [-0.39, 0.29) is 12.1 Å². The minimum Gasteiger partial charge on any atom is -0.465 e. The molecule has 1 aromatic carbocycles. The largest absolute Gasteiger partial charge is 0.465 e. The molecule has 1 aromatic rings. The molecular weight excluding hydrogens is 219 g/mol. The molecule has 0 spiro atoms. The Labute approximate surface area is 100 Å². The third kappa shape index (κ3) is 4.28. The van der Waals surface area contributed by atoms with Crippen molar-refractivity contribution >= 4 is 24.4 Å². The minimum atomic E-state index is -0.940. The van der Waals surface area contributed by atoms with E-state index in [2.05, 4.69) is 9.64 Å². The van der Waals surface area contributed by atoms with E-state index < -0.39 is 13.0 Å². The predicted octanol–water partition coefficient (Wildman–Crippen LogP) is 0.536. The van der Waals surface area contributed by atoms with E-state index >= 15 is 0 Å². The molecule has 0 fully saturated rings. The van der Waals surface area contributed by atoms with Gasteiger partial charge in [-0.3, -0.25) is 0 Å². The SMILES string of the molecule is COC(=O)C(Cc1cccc(N)c1)=NB(C)O. The third-order valence-corrected chi connectivity index (χ3v) is 2.09. The quantitative estimate of drug-likeness (QED) is 0.344. The molecule has 0 bridgehead atoms. The lowest BCUT2D eigenvalue weighted by Gasteiger charge is -2.06. The van der Waals surface area contributed by atoms with Gasteiger partial charge in [-0.2, -0.15) is 0 Å². The van der Waals surface area contributed by atoms with E-state index in [1.54, 1.807) is 18.2 Å². The van der Waals surface area contributed by atoms with Gasteiger partial charge in [0.25, 0.3) is 0 Å².